The number of rotatable bonds is 4. The lowest BCUT2D eigenvalue weighted by Gasteiger charge is -2.09. The zero-order chi connectivity index (χ0) is 15.6. The summed E-state index contributed by atoms with van der Waals surface area (Å²) in [6.45, 7) is 1.83. The van der Waals surface area contributed by atoms with Crippen molar-refractivity contribution in [2.75, 3.05) is 7.11 Å². The number of ether oxygens (including phenoxy) is 1. The van der Waals surface area contributed by atoms with E-state index >= 15 is 0 Å². The summed E-state index contributed by atoms with van der Waals surface area (Å²) in [7, 11) is 1.55. The highest BCUT2D eigenvalue weighted by molar-refractivity contribution is 5.91. The van der Waals surface area contributed by atoms with Crippen LogP contribution < -0.4 is 4.74 Å². The molecule has 0 spiro atoms. The van der Waals surface area contributed by atoms with E-state index in [2.05, 4.69) is 0 Å². The van der Waals surface area contributed by atoms with Crippen molar-refractivity contribution in [3.8, 4) is 16.9 Å². The van der Waals surface area contributed by atoms with Crippen LogP contribution in [0, 0.1) is 17.0 Å². The number of nitro groups is 1. The number of hydrogen-bond acceptors (Lipinski definition) is 4. The first-order valence-electron chi connectivity index (χ1n) is 6.10. The summed E-state index contributed by atoms with van der Waals surface area (Å²) < 4.78 is 5.11. The second kappa shape index (κ2) is 5.62. The molecule has 0 unspecified atom stereocenters. The van der Waals surface area contributed by atoms with Gasteiger partial charge in [0.25, 0.3) is 5.69 Å². The van der Waals surface area contributed by atoms with Gasteiger partial charge in [-0.1, -0.05) is 6.07 Å². The van der Waals surface area contributed by atoms with E-state index in [4.69, 9.17) is 9.84 Å². The molecule has 0 aliphatic heterocycles. The van der Waals surface area contributed by atoms with Crippen molar-refractivity contribution in [3.63, 3.8) is 0 Å². The number of nitro benzene ring substituents is 1. The molecule has 0 aliphatic carbocycles. The average Bonchev–Trinajstić information content (AvgIpc) is 2.46. The highest BCUT2D eigenvalue weighted by atomic mass is 16.6. The fraction of sp³-hybridized carbons (Fsp3) is 0.133. The number of benzene rings is 2. The van der Waals surface area contributed by atoms with E-state index in [1.54, 1.807) is 25.3 Å². The molecular formula is C15H13NO5. The maximum Gasteiger partial charge on any atom is 0.335 e. The maximum atomic E-state index is 11.1. The maximum absolute atomic E-state index is 11.1. The topological polar surface area (TPSA) is 89.7 Å². The van der Waals surface area contributed by atoms with Crippen molar-refractivity contribution in [1.82, 2.24) is 0 Å². The summed E-state index contributed by atoms with van der Waals surface area (Å²) in [5.41, 5.74) is 1.68. The van der Waals surface area contributed by atoms with Gasteiger partial charge in [-0.3, -0.25) is 10.1 Å². The van der Waals surface area contributed by atoms with Crippen LogP contribution in [0.4, 0.5) is 5.69 Å². The quantitative estimate of drug-likeness (QED) is 0.688. The number of aromatic carboxylic acids is 1. The molecule has 2 aromatic carbocycles. The van der Waals surface area contributed by atoms with Crippen LogP contribution in [0.2, 0.25) is 0 Å². The molecule has 21 heavy (non-hydrogen) atoms. The van der Waals surface area contributed by atoms with Crippen LogP contribution in [-0.2, 0) is 0 Å². The molecule has 0 bridgehead atoms. The molecule has 0 amide bonds. The molecular weight excluding hydrogens is 274 g/mol. The van der Waals surface area contributed by atoms with Gasteiger partial charge < -0.3 is 9.84 Å². The molecule has 0 radical (unpaired) electrons. The summed E-state index contributed by atoms with van der Waals surface area (Å²) >= 11 is 0. The van der Waals surface area contributed by atoms with E-state index in [1.165, 1.54) is 12.1 Å². The Balaban J connectivity index is 2.62. The first kappa shape index (κ1) is 14.5. The van der Waals surface area contributed by atoms with Crippen molar-refractivity contribution in [2.24, 2.45) is 0 Å². The van der Waals surface area contributed by atoms with Crippen LogP contribution in [0.15, 0.2) is 36.4 Å². The molecule has 0 aromatic heterocycles. The Labute approximate surface area is 120 Å². The normalized spacial score (nSPS) is 10.2. The fourth-order valence-corrected chi connectivity index (χ4v) is 2.08. The smallest absolute Gasteiger partial charge is 0.335 e. The van der Waals surface area contributed by atoms with Crippen LogP contribution in [-0.4, -0.2) is 23.1 Å². The van der Waals surface area contributed by atoms with Gasteiger partial charge in [-0.25, -0.2) is 4.79 Å². The van der Waals surface area contributed by atoms with Crippen molar-refractivity contribution in [1.29, 1.82) is 0 Å². The van der Waals surface area contributed by atoms with Gasteiger partial charge in [0.2, 0.25) is 0 Å². The second-order valence-electron chi connectivity index (χ2n) is 4.51. The molecule has 0 saturated heterocycles. The van der Waals surface area contributed by atoms with Crippen molar-refractivity contribution in [3.05, 3.63) is 57.6 Å². The molecule has 2 rings (SSSR count). The largest absolute Gasteiger partial charge is 0.497 e. The third kappa shape index (κ3) is 3.00. The molecule has 0 heterocycles. The number of aryl methyl sites for hydroxylation is 1. The van der Waals surface area contributed by atoms with E-state index in [-0.39, 0.29) is 11.3 Å². The fourth-order valence-electron chi connectivity index (χ4n) is 2.08. The third-order valence-electron chi connectivity index (χ3n) is 3.12. The number of hydrogen-bond donors (Lipinski definition) is 1. The Morgan fingerprint density at radius 3 is 2.48 bits per heavy atom. The highest BCUT2D eigenvalue weighted by Crippen LogP contribution is 2.30. The van der Waals surface area contributed by atoms with Gasteiger partial charge in [0.15, 0.2) is 0 Å². The Kier molecular flexibility index (Phi) is 3.89. The molecule has 108 valence electrons. The van der Waals surface area contributed by atoms with Crippen molar-refractivity contribution in [2.45, 2.75) is 6.92 Å². The Morgan fingerprint density at radius 1 is 1.24 bits per heavy atom. The van der Waals surface area contributed by atoms with E-state index in [9.17, 15) is 14.9 Å². The molecule has 6 heteroatoms. The van der Waals surface area contributed by atoms with Crippen molar-refractivity contribution < 1.29 is 19.6 Å². The summed E-state index contributed by atoms with van der Waals surface area (Å²) in [5.74, 6) is -0.536. The van der Waals surface area contributed by atoms with Gasteiger partial charge in [-0.2, -0.15) is 0 Å². The molecule has 0 fully saturated rings. The monoisotopic (exact) mass is 287 g/mol. The Bertz CT molecular complexity index is 692. The number of non-ortho nitro benzene ring substituents is 1. The number of carboxylic acids is 1. The van der Waals surface area contributed by atoms with Gasteiger partial charge >= 0.3 is 5.97 Å². The molecule has 6 nitrogen and oxygen atoms in total. The number of carbonyl (C=O) groups is 1. The first-order chi connectivity index (χ1) is 9.92. The summed E-state index contributed by atoms with van der Waals surface area (Å²) in [5, 5.41) is 20.0. The van der Waals surface area contributed by atoms with Crippen LogP contribution >= 0.6 is 0 Å². The third-order valence-corrected chi connectivity index (χ3v) is 3.12. The lowest BCUT2D eigenvalue weighted by Crippen LogP contribution is -1.99. The number of methoxy groups -OCH3 is 1. The van der Waals surface area contributed by atoms with E-state index in [0.29, 0.717) is 11.3 Å². The van der Waals surface area contributed by atoms with Gasteiger partial charge in [-0.05, 0) is 41.8 Å². The zero-order valence-corrected chi connectivity index (χ0v) is 11.5. The van der Waals surface area contributed by atoms with Crippen LogP contribution in [0.1, 0.15) is 15.9 Å². The van der Waals surface area contributed by atoms with Crippen molar-refractivity contribution >= 4 is 11.7 Å². The molecule has 0 saturated carbocycles. The predicted octanol–water partition coefficient (Wildman–Crippen LogP) is 3.28. The standard InChI is InChI=1S/C15H13NO5/c1-9-5-13(21-2)3-4-14(9)10-6-11(15(17)18)8-12(7-10)16(19)20/h3-8H,1-2H3,(H,17,18). The molecule has 1 N–H and O–H groups in total. The predicted molar refractivity (Wildman–Crippen MR) is 76.8 cm³/mol. The van der Waals surface area contributed by atoms with Crippen LogP contribution in [0.25, 0.3) is 11.1 Å². The lowest BCUT2D eigenvalue weighted by molar-refractivity contribution is -0.384. The SMILES string of the molecule is COc1ccc(-c2cc(C(=O)O)cc([N+](=O)[O-])c2)c(C)c1. The van der Waals surface area contributed by atoms with E-state index < -0.39 is 10.9 Å². The summed E-state index contributed by atoms with van der Waals surface area (Å²) in [6.07, 6.45) is 0. The average molecular weight is 287 g/mol. The van der Waals surface area contributed by atoms with Gasteiger partial charge in [-0.15, -0.1) is 0 Å². The first-order valence-corrected chi connectivity index (χ1v) is 6.10. The Morgan fingerprint density at radius 2 is 1.95 bits per heavy atom. The zero-order valence-electron chi connectivity index (χ0n) is 11.5. The summed E-state index contributed by atoms with van der Waals surface area (Å²) in [6, 6.07) is 9.09. The molecule has 2 aromatic rings. The minimum atomic E-state index is -1.20. The minimum Gasteiger partial charge on any atom is -0.497 e. The molecule has 0 aliphatic rings. The second-order valence-corrected chi connectivity index (χ2v) is 4.51. The van der Waals surface area contributed by atoms with Crippen LogP contribution in [0.3, 0.4) is 0 Å². The van der Waals surface area contributed by atoms with E-state index in [1.807, 2.05) is 6.92 Å². The number of nitrogens with zero attached hydrogens (tertiary/aromatic N) is 1. The Hall–Kier alpha value is -2.89. The van der Waals surface area contributed by atoms with Gasteiger partial charge in [0.1, 0.15) is 5.75 Å². The van der Waals surface area contributed by atoms with Crippen LogP contribution in [0.5, 0.6) is 5.75 Å². The van der Waals surface area contributed by atoms with E-state index in [0.717, 1.165) is 17.2 Å². The number of carboxylic acid groups (broad SMARTS) is 1. The molecule has 0 atom stereocenters. The summed E-state index contributed by atoms with van der Waals surface area (Å²) in [4.78, 5) is 21.4. The lowest BCUT2D eigenvalue weighted by atomic mass is 9.98. The highest BCUT2D eigenvalue weighted by Gasteiger charge is 2.15. The van der Waals surface area contributed by atoms with Gasteiger partial charge in [0, 0.05) is 12.1 Å². The van der Waals surface area contributed by atoms with Gasteiger partial charge in [0.05, 0.1) is 17.6 Å². The minimum absolute atomic E-state index is 0.116.